The number of imide groups is 1. The van der Waals surface area contributed by atoms with Crippen LogP contribution in [0.2, 0.25) is 0 Å². The van der Waals surface area contributed by atoms with Crippen molar-refractivity contribution in [1.82, 2.24) is 10.2 Å². The molecule has 0 bridgehead atoms. The highest BCUT2D eigenvalue weighted by Gasteiger charge is 2.52. The van der Waals surface area contributed by atoms with Gasteiger partial charge in [0.05, 0.1) is 6.54 Å². The van der Waals surface area contributed by atoms with Crippen molar-refractivity contribution in [2.75, 3.05) is 13.2 Å². The van der Waals surface area contributed by atoms with Crippen LogP contribution in [-0.4, -0.2) is 52.5 Å². The third-order valence-electron chi connectivity index (χ3n) is 5.90. The number of aliphatic hydroxyl groups is 1. The van der Waals surface area contributed by atoms with Crippen LogP contribution in [0.25, 0.3) is 0 Å². The van der Waals surface area contributed by atoms with Crippen LogP contribution in [0.15, 0.2) is 24.3 Å². The molecule has 7 heteroatoms. The van der Waals surface area contributed by atoms with E-state index in [1.165, 1.54) is 0 Å². The summed E-state index contributed by atoms with van der Waals surface area (Å²) in [6, 6.07) is 6.91. The maximum absolute atomic E-state index is 12.8. The molecule has 1 heterocycles. The average Bonchev–Trinajstić information content (AvgIpc) is 2.92. The number of β-amino-alcohol motifs (C(OH)–C–C–N with tert-alkyl or cyclic N) is 1. The SMILES string of the molecule is CC(=O)CCc1ccc(OCC(O)CN2C(=O)NC3(CCC(C)CC3)C2=O)cc1. The molecule has 1 atom stereocenters. The maximum atomic E-state index is 12.8. The Morgan fingerprint density at radius 2 is 1.93 bits per heavy atom. The first-order valence-corrected chi connectivity index (χ1v) is 10.3. The predicted octanol–water partition coefficient (Wildman–Crippen LogP) is 2.45. The van der Waals surface area contributed by atoms with Crippen LogP contribution in [0.3, 0.4) is 0 Å². The Morgan fingerprint density at radius 3 is 2.55 bits per heavy atom. The minimum Gasteiger partial charge on any atom is -0.491 e. The van der Waals surface area contributed by atoms with Gasteiger partial charge in [-0.05, 0) is 62.6 Å². The number of amides is 3. The van der Waals surface area contributed by atoms with Gasteiger partial charge in [0.1, 0.15) is 29.8 Å². The summed E-state index contributed by atoms with van der Waals surface area (Å²) in [7, 11) is 0. The minimum atomic E-state index is -0.972. The molecule has 1 aliphatic carbocycles. The number of benzene rings is 1. The highest BCUT2D eigenvalue weighted by molar-refractivity contribution is 6.07. The van der Waals surface area contributed by atoms with Gasteiger partial charge in [-0.2, -0.15) is 0 Å². The van der Waals surface area contributed by atoms with Crippen molar-refractivity contribution in [2.45, 2.75) is 64.0 Å². The van der Waals surface area contributed by atoms with E-state index < -0.39 is 17.7 Å². The number of carbonyl (C=O) groups excluding carboxylic acids is 3. The molecule has 2 N–H and O–H groups in total. The summed E-state index contributed by atoms with van der Waals surface area (Å²) in [5, 5.41) is 13.2. The molecule has 29 heavy (non-hydrogen) atoms. The summed E-state index contributed by atoms with van der Waals surface area (Å²) in [6.45, 7) is 3.62. The Labute approximate surface area is 171 Å². The van der Waals surface area contributed by atoms with Crippen molar-refractivity contribution < 1.29 is 24.2 Å². The van der Waals surface area contributed by atoms with Gasteiger partial charge >= 0.3 is 6.03 Å². The summed E-state index contributed by atoms with van der Waals surface area (Å²) < 4.78 is 5.59. The number of rotatable bonds is 8. The Balaban J connectivity index is 1.49. The third-order valence-corrected chi connectivity index (χ3v) is 5.90. The van der Waals surface area contributed by atoms with Crippen LogP contribution in [0.1, 0.15) is 51.5 Å². The Hall–Kier alpha value is -2.41. The van der Waals surface area contributed by atoms with Crippen LogP contribution in [0.4, 0.5) is 4.79 Å². The highest BCUT2D eigenvalue weighted by Crippen LogP contribution is 2.36. The molecule has 1 aliphatic heterocycles. The smallest absolute Gasteiger partial charge is 0.325 e. The topological polar surface area (TPSA) is 95.9 Å². The number of ketones is 1. The van der Waals surface area contributed by atoms with Gasteiger partial charge < -0.3 is 20.0 Å². The Morgan fingerprint density at radius 1 is 1.28 bits per heavy atom. The first-order valence-electron chi connectivity index (χ1n) is 10.3. The van der Waals surface area contributed by atoms with E-state index in [-0.39, 0.29) is 24.8 Å². The van der Waals surface area contributed by atoms with Gasteiger partial charge in [0.15, 0.2) is 0 Å². The second-order valence-corrected chi connectivity index (χ2v) is 8.42. The second kappa shape index (κ2) is 8.95. The largest absolute Gasteiger partial charge is 0.491 e. The van der Waals surface area contributed by atoms with E-state index >= 15 is 0 Å². The van der Waals surface area contributed by atoms with Crippen molar-refractivity contribution in [3.63, 3.8) is 0 Å². The number of hydrogen-bond donors (Lipinski definition) is 2. The molecule has 0 aromatic heterocycles. The number of Topliss-reactive ketones (excluding diaryl/α,β-unsaturated/α-hetero) is 1. The number of urea groups is 1. The molecule has 2 aliphatic rings. The zero-order valence-corrected chi connectivity index (χ0v) is 17.1. The monoisotopic (exact) mass is 402 g/mol. The number of aliphatic hydroxyl groups excluding tert-OH is 1. The Kier molecular flexibility index (Phi) is 6.57. The van der Waals surface area contributed by atoms with Gasteiger partial charge in [-0.3, -0.25) is 9.69 Å². The van der Waals surface area contributed by atoms with E-state index in [9.17, 15) is 19.5 Å². The van der Waals surface area contributed by atoms with Gasteiger partial charge in [0.25, 0.3) is 5.91 Å². The van der Waals surface area contributed by atoms with Crippen LogP contribution in [0, 0.1) is 5.92 Å². The molecule has 0 radical (unpaired) electrons. The summed E-state index contributed by atoms with van der Waals surface area (Å²) in [5.74, 6) is 1.07. The van der Waals surface area contributed by atoms with E-state index in [4.69, 9.17) is 4.74 Å². The molecule has 1 aromatic rings. The van der Waals surface area contributed by atoms with E-state index in [0.29, 0.717) is 37.4 Å². The zero-order chi connectivity index (χ0) is 21.0. The van der Waals surface area contributed by atoms with Crippen molar-refractivity contribution in [3.05, 3.63) is 29.8 Å². The van der Waals surface area contributed by atoms with Gasteiger partial charge in [0, 0.05) is 6.42 Å². The lowest BCUT2D eigenvalue weighted by Crippen LogP contribution is -2.49. The highest BCUT2D eigenvalue weighted by atomic mass is 16.5. The standard InChI is InChI=1S/C22H30N2O5/c1-15-9-11-22(12-10-15)20(27)24(21(28)23-22)13-18(26)14-29-19-7-5-17(6-8-19)4-3-16(2)25/h5-8,15,18,26H,3-4,9-14H2,1-2H3,(H,23,28). The molecule has 7 nitrogen and oxygen atoms in total. The van der Waals surface area contributed by atoms with Gasteiger partial charge in [-0.1, -0.05) is 19.1 Å². The van der Waals surface area contributed by atoms with E-state index in [2.05, 4.69) is 12.2 Å². The lowest BCUT2D eigenvalue weighted by atomic mass is 9.77. The molecule has 3 rings (SSSR count). The van der Waals surface area contributed by atoms with Gasteiger partial charge in [0.2, 0.25) is 0 Å². The molecular formula is C22H30N2O5. The van der Waals surface area contributed by atoms with E-state index in [1.807, 2.05) is 12.1 Å². The van der Waals surface area contributed by atoms with Gasteiger partial charge in [-0.25, -0.2) is 4.79 Å². The lowest BCUT2D eigenvalue weighted by molar-refractivity contribution is -0.133. The lowest BCUT2D eigenvalue weighted by Gasteiger charge is -2.33. The average molecular weight is 402 g/mol. The third kappa shape index (κ3) is 5.15. The van der Waals surface area contributed by atoms with Crippen LogP contribution in [0.5, 0.6) is 5.75 Å². The molecular weight excluding hydrogens is 372 g/mol. The number of nitrogens with zero attached hydrogens (tertiary/aromatic N) is 1. The van der Waals surface area contributed by atoms with Crippen molar-refractivity contribution >= 4 is 17.7 Å². The first kappa shape index (κ1) is 21.3. The van der Waals surface area contributed by atoms with Crippen LogP contribution < -0.4 is 10.1 Å². The number of ether oxygens (including phenoxy) is 1. The quantitative estimate of drug-likeness (QED) is 0.651. The number of carbonyl (C=O) groups is 3. The summed E-state index contributed by atoms with van der Waals surface area (Å²) in [4.78, 5) is 37.3. The molecule has 2 fully saturated rings. The zero-order valence-electron chi connectivity index (χ0n) is 17.1. The molecule has 1 spiro atoms. The van der Waals surface area contributed by atoms with Crippen molar-refractivity contribution in [1.29, 1.82) is 0 Å². The molecule has 3 amide bonds. The Bertz CT molecular complexity index is 753. The fourth-order valence-electron chi connectivity index (χ4n) is 3.96. The minimum absolute atomic E-state index is 0.0200. The van der Waals surface area contributed by atoms with Gasteiger partial charge in [-0.15, -0.1) is 0 Å². The number of nitrogens with one attached hydrogen (secondary N) is 1. The summed E-state index contributed by atoms with van der Waals surface area (Å²) in [6.07, 6.45) is 3.34. The number of hydrogen-bond acceptors (Lipinski definition) is 5. The molecule has 158 valence electrons. The molecule has 1 aromatic carbocycles. The number of aryl methyl sites for hydroxylation is 1. The maximum Gasteiger partial charge on any atom is 0.325 e. The molecule has 1 saturated heterocycles. The van der Waals surface area contributed by atoms with Crippen molar-refractivity contribution in [2.24, 2.45) is 5.92 Å². The second-order valence-electron chi connectivity index (χ2n) is 8.42. The van der Waals surface area contributed by atoms with E-state index in [0.717, 1.165) is 23.3 Å². The summed E-state index contributed by atoms with van der Waals surface area (Å²) >= 11 is 0. The fraction of sp³-hybridized carbons (Fsp3) is 0.591. The van der Waals surface area contributed by atoms with Crippen LogP contribution in [-0.2, 0) is 16.0 Å². The summed E-state index contributed by atoms with van der Waals surface area (Å²) in [5.41, 5.74) is 0.249. The van der Waals surface area contributed by atoms with Crippen molar-refractivity contribution in [3.8, 4) is 5.75 Å². The fourth-order valence-corrected chi connectivity index (χ4v) is 3.96. The molecule has 1 saturated carbocycles. The first-order chi connectivity index (χ1) is 13.8. The molecule has 1 unspecified atom stereocenters. The van der Waals surface area contributed by atoms with E-state index in [1.54, 1.807) is 19.1 Å². The van der Waals surface area contributed by atoms with Crippen LogP contribution >= 0.6 is 0 Å². The normalized spacial score (nSPS) is 25.2. The predicted molar refractivity (Wildman–Crippen MR) is 108 cm³/mol.